The fourth-order valence-electron chi connectivity index (χ4n) is 0.979. The fraction of sp³-hybridized carbons (Fsp3) is 0.500. The first-order chi connectivity index (χ1) is 6.53. The van der Waals surface area contributed by atoms with Crippen molar-refractivity contribution in [3.05, 3.63) is 23.9 Å². The molecule has 4 heteroatoms. The van der Waals surface area contributed by atoms with Gasteiger partial charge in [-0.2, -0.15) is 0 Å². The van der Waals surface area contributed by atoms with Crippen molar-refractivity contribution in [1.29, 1.82) is 0 Å². The number of ether oxygens (including phenoxy) is 1. The Morgan fingerprint density at radius 1 is 1.50 bits per heavy atom. The van der Waals surface area contributed by atoms with Crippen molar-refractivity contribution in [2.45, 2.75) is 33.0 Å². The molecule has 0 aliphatic carbocycles. The van der Waals surface area contributed by atoms with Gasteiger partial charge in [0.15, 0.2) is 0 Å². The molecular weight excluding hydrogens is 178 g/mol. The molecular formula is C10H17N3O. The predicted octanol–water partition coefficient (Wildman–Crippen LogP) is 1.68. The van der Waals surface area contributed by atoms with Gasteiger partial charge in [0.05, 0.1) is 12.2 Å². The summed E-state index contributed by atoms with van der Waals surface area (Å²) >= 11 is 0. The summed E-state index contributed by atoms with van der Waals surface area (Å²) in [6.45, 7) is 6.55. The van der Waals surface area contributed by atoms with E-state index in [2.05, 4.69) is 10.4 Å². The Bertz CT molecular complexity index is 294. The zero-order chi connectivity index (χ0) is 10.6. The van der Waals surface area contributed by atoms with Gasteiger partial charge >= 0.3 is 0 Å². The van der Waals surface area contributed by atoms with Crippen LogP contribution in [0.15, 0.2) is 18.3 Å². The number of hydrogen-bond donors (Lipinski definition) is 2. The summed E-state index contributed by atoms with van der Waals surface area (Å²) < 4.78 is 5.62. The smallest absolute Gasteiger partial charge is 0.145 e. The van der Waals surface area contributed by atoms with Gasteiger partial charge in [-0.15, -0.1) is 0 Å². The maximum atomic E-state index is 5.62. The van der Waals surface area contributed by atoms with E-state index in [1.54, 1.807) is 6.20 Å². The van der Waals surface area contributed by atoms with Crippen molar-refractivity contribution in [3.8, 4) is 0 Å². The largest absolute Gasteiger partial charge is 0.371 e. The van der Waals surface area contributed by atoms with Gasteiger partial charge in [-0.1, -0.05) is 6.07 Å². The van der Waals surface area contributed by atoms with E-state index in [0.29, 0.717) is 12.4 Å². The van der Waals surface area contributed by atoms with Crippen LogP contribution in [0, 0.1) is 0 Å². The van der Waals surface area contributed by atoms with Crippen LogP contribution in [0.2, 0.25) is 0 Å². The van der Waals surface area contributed by atoms with Gasteiger partial charge in [-0.3, -0.25) is 0 Å². The highest BCUT2D eigenvalue weighted by Gasteiger charge is 2.11. The number of hydrazine groups is 1. The number of nitrogens with zero attached hydrogens (tertiary/aromatic N) is 1. The van der Waals surface area contributed by atoms with Gasteiger partial charge in [0.1, 0.15) is 5.82 Å². The summed E-state index contributed by atoms with van der Waals surface area (Å²) in [5, 5.41) is 0. The molecule has 0 spiro atoms. The van der Waals surface area contributed by atoms with Crippen LogP contribution in [-0.4, -0.2) is 10.6 Å². The number of anilines is 1. The molecule has 0 saturated carbocycles. The maximum Gasteiger partial charge on any atom is 0.145 e. The Morgan fingerprint density at radius 3 is 2.79 bits per heavy atom. The first-order valence-electron chi connectivity index (χ1n) is 4.57. The summed E-state index contributed by atoms with van der Waals surface area (Å²) in [5.74, 6) is 5.99. The lowest BCUT2D eigenvalue weighted by molar-refractivity contribution is -0.0148. The lowest BCUT2D eigenvalue weighted by Gasteiger charge is -2.20. The fourth-order valence-corrected chi connectivity index (χ4v) is 0.979. The number of nitrogen functional groups attached to an aromatic ring is 1. The summed E-state index contributed by atoms with van der Waals surface area (Å²) in [4.78, 5) is 4.08. The summed E-state index contributed by atoms with van der Waals surface area (Å²) in [6, 6.07) is 3.80. The second-order valence-corrected chi connectivity index (χ2v) is 4.06. The molecule has 3 N–H and O–H groups in total. The normalized spacial score (nSPS) is 11.4. The van der Waals surface area contributed by atoms with Crippen LogP contribution in [0.3, 0.4) is 0 Å². The molecule has 4 nitrogen and oxygen atoms in total. The standard InChI is InChI=1S/C10H17N3O/c1-10(2,3)14-7-8-5-4-6-12-9(8)13-11/h4-6H,7,11H2,1-3H3,(H,12,13). The van der Waals surface area contributed by atoms with Crippen molar-refractivity contribution >= 4 is 5.82 Å². The van der Waals surface area contributed by atoms with Gasteiger partial charge < -0.3 is 10.2 Å². The molecule has 0 aliphatic heterocycles. The van der Waals surface area contributed by atoms with Crippen LogP contribution in [-0.2, 0) is 11.3 Å². The highest BCUT2D eigenvalue weighted by atomic mass is 16.5. The van der Waals surface area contributed by atoms with Crippen molar-refractivity contribution < 1.29 is 4.74 Å². The van der Waals surface area contributed by atoms with Crippen LogP contribution < -0.4 is 11.3 Å². The van der Waals surface area contributed by atoms with E-state index in [4.69, 9.17) is 10.6 Å². The maximum absolute atomic E-state index is 5.62. The zero-order valence-corrected chi connectivity index (χ0v) is 8.87. The molecule has 78 valence electrons. The van der Waals surface area contributed by atoms with Crippen molar-refractivity contribution in [1.82, 2.24) is 4.98 Å². The third kappa shape index (κ3) is 3.32. The first-order valence-corrected chi connectivity index (χ1v) is 4.57. The second-order valence-electron chi connectivity index (χ2n) is 4.06. The summed E-state index contributed by atoms with van der Waals surface area (Å²) in [6.07, 6.45) is 1.69. The van der Waals surface area contributed by atoms with Gasteiger partial charge in [0.2, 0.25) is 0 Å². The minimum atomic E-state index is -0.151. The second kappa shape index (κ2) is 4.39. The van der Waals surface area contributed by atoms with Gasteiger partial charge in [-0.05, 0) is 26.8 Å². The Hall–Kier alpha value is -1.13. The van der Waals surface area contributed by atoms with E-state index in [1.807, 2.05) is 32.9 Å². The average molecular weight is 195 g/mol. The van der Waals surface area contributed by atoms with E-state index in [1.165, 1.54) is 0 Å². The molecule has 14 heavy (non-hydrogen) atoms. The topological polar surface area (TPSA) is 60.2 Å². The van der Waals surface area contributed by atoms with Crippen LogP contribution in [0.25, 0.3) is 0 Å². The van der Waals surface area contributed by atoms with E-state index < -0.39 is 0 Å². The number of pyridine rings is 1. The molecule has 0 aliphatic rings. The SMILES string of the molecule is CC(C)(C)OCc1cccnc1NN. The highest BCUT2D eigenvalue weighted by molar-refractivity contribution is 5.41. The molecule has 0 amide bonds. The molecule has 1 heterocycles. The minimum absolute atomic E-state index is 0.151. The third-order valence-corrected chi connectivity index (χ3v) is 1.69. The van der Waals surface area contributed by atoms with Gasteiger partial charge in [0, 0.05) is 11.8 Å². The Morgan fingerprint density at radius 2 is 2.21 bits per heavy atom. The Balaban J connectivity index is 2.67. The molecule has 1 rings (SSSR count). The monoisotopic (exact) mass is 195 g/mol. The van der Waals surface area contributed by atoms with Crippen molar-refractivity contribution in [3.63, 3.8) is 0 Å². The zero-order valence-electron chi connectivity index (χ0n) is 8.87. The van der Waals surface area contributed by atoms with E-state index in [9.17, 15) is 0 Å². The van der Waals surface area contributed by atoms with Crippen molar-refractivity contribution in [2.75, 3.05) is 5.43 Å². The molecule has 0 radical (unpaired) electrons. The van der Waals surface area contributed by atoms with Gasteiger partial charge in [-0.25, -0.2) is 10.8 Å². The number of nitrogens with one attached hydrogen (secondary N) is 1. The van der Waals surface area contributed by atoms with Crippen LogP contribution in [0.5, 0.6) is 0 Å². The molecule has 0 unspecified atom stereocenters. The number of rotatable bonds is 3. The Labute approximate surface area is 84.4 Å². The van der Waals surface area contributed by atoms with Gasteiger partial charge in [0.25, 0.3) is 0 Å². The molecule has 1 aromatic rings. The van der Waals surface area contributed by atoms with E-state index >= 15 is 0 Å². The molecule has 0 aromatic carbocycles. The average Bonchev–Trinajstić information content (AvgIpc) is 2.14. The van der Waals surface area contributed by atoms with Crippen molar-refractivity contribution in [2.24, 2.45) is 5.84 Å². The predicted molar refractivity (Wildman–Crippen MR) is 56.6 cm³/mol. The quantitative estimate of drug-likeness (QED) is 0.569. The number of nitrogens with two attached hydrogens (primary N) is 1. The first kappa shape index (κ1) is 10.9. The van der Waals surface area contributed by atoms with Crippen LogP contribution >= 0.6 is 0 Å². The van der Waals surface area contributed by atoms with Crippen LogP contribution in [0.1, 0.15) is 26.3 Å². The lowest BCUT2D eigenvalue weighted by atomic mass is 10.2. The van der Waals surface area contributed by atoms with E-state index in [0.717, 1.165) is 5.56 Å². The van der Waals surface area contributed by atoms with Crippen LogP contribution in [0.4, 0.5) is 5.82 Å². The minimum Gasteiger partial charge on any atom is -0.371 e. The molecule has 0 saturated heterocycles. The lowest BCUT2D eigenvalue weighted by Crippen LogP contribution is -2.20. The molecule has 0 bridgehead atoms. The number of aromatic nitrogens is 1. The summed E-state index contributed by atoms with van der Waals surface area (Å²) in [7, 11) is 0. The molecule has 0 fully saturated rings. The highest BCUT2D eigenvalue weighted by Crippen LogP contribution is 2.15. The molecule has 1 aromatic heterocycles. The third-order valence-electron chi connectivity index (χ3n) is 1.69. The summed E-state index contributed by atoms with van der Waals surface area (Å²) in [5.41, 5.74) is 3.35. The van der Waals surface area contributed by atoms with E-state index in [-0.39, 0.29) is 5.60 Å². The number of hydrogen-bond acceptors (Lipinski definition) is 4. The Kier molecular flexibility index (Phi) is 3.43. The molecule has 0 atom stereocenters.